The van der Waals surface area contributed by atoms with E-state index in [1.807, 2.05) is 0 Å². The average molecular weight is 1650 g/mol. The van der Waals surface area contributed by atoms with Gasteiger partial charge in [-0.15, -0.1) is 57.1 Å². The quantitative estimate of drug-likeness (QED) is 0.0633. The van der Waals surface area contributed by atoms with Crippen molar-refractivity contribution in [2.75, 3.05) is 5.75 Å². The number of primary amides is 1. The first-order chi connectivity index (χ1) is 53.2. The lowest BCUT2D eigenvalue weighted by Gasteiger charge is -2.41. The summed E-state index contributed by atoms with van der Waals surface area (Å²) < 4.78 is 6.24. The standard InChI is InChI=1S/C71H81N19O18S5/c1-14-37-64-83-44(22-109-64)61(103)89-52(70(13,107)34(12)93)67-85-43(23-112-67)59(101)88-48-33(11)108-68(106)40-19-36(31(9)91)35-15-16-38(50(94)49(35)79-40)78-46(25(2)3)62(104)77-29(7)56(98)74-27(5)55(97)75-30(8)57(99)90-71(69-86-45(24-113-69)60(102)87-47(32(10)92)63(105)81-37)18-17-39(80-51(71)41-20-111-66(48)82-41)65-84-42(21-110-65)58(100)76-28(6)54(96)73-26(4)53(72)95/h14-16,19-21,23-25,30-34,38,44,46-48,50-52,78,91-94,107H,4-7,17-18,22H2,1-3,8-13H3,(H2,72,95)(H,73,96)(H,74,98)(H,75,97)(H,76,100)(H,77,104)(H,81,105)(H,87,102)(H,88,101)(H,89,103)(H,90,99)/b37-14-/t30-,31+,32+,33-,34-,38-,44-,46+,47+,48+,50+,51-,52-,70-,71-/m1/s1. The number of thioether (sulfide) groups is 1. The number of esters is 1. The minimum absolute atomic E-state index is 0.0184. The normalized spacial score (nSPS) is 26.1. The van der Waals surface area contributed by atoms with E-state index in [0.29, 0.717) is 0 Å². The van der Waals surface area contributed by atoms with E-state index in [2.05, 4.69) is 105 Å². The number of fused-ring (bicyclic) bond motifs is 7. The highest BCUT2D eigenvalue weighted by molar-refractivity contribution is 8.14. The number of hydrogen-bond acceptors (Lipinski definition) is 31. The van der Waals surface area contributed by atoms with E-state index in [-0.39, 0.29) is 89.0 Å². The Morgan fingerprint density at radius 3 is 2.09 bits per heavy atom. The minimum Gasteiger partial charge on any atom is -0.455 e. The lowest BCUT2D eigenvalue weighted by molar-refractivity contribution is -0.129. The maximum absolute atomic E-state index is 15.4. The van der Waals surface area contributed by atoms with Crippen molar-refractivity contribution in [3.63, 3.8) is 0 Å². The Kier molecular flexibility index (Phi) is 26.0. The Morgan fingerprint density at radius 1 is 0.743 bits per heavy atom. The van der Waals surface area contributed by atoms with Crippen molar-refractivity contribution in [3.05, 3.63) is 160 Å². The number of aliphatic hydroxyl groups is 5. The molecule has 113 heavy (non-hydrogen) atoms. The summed E-state index contributed by atoms with van der Waals surface area (Å²) in [5.74, 6) is -12.7. The predicted octanol–water partition coefficient (Wildman–Crippen LogP) is 0.509. The van der Waals surface area contributed by atoms with Crippen LogP contribution < -0.4 is 64.2 Å². The zero-order valence-corrected chi connectivity index (χ0v) is 66.0. The lowest BCUT2D eigenvalue weighted by atomic mass is 9.80. The molecule has 0 saturated carbocycles. The molecule has 0 aromatic carbocycles. The van der Waals surface area contributed by atoms with Crippen molar-refractivity contribution >= 4 is 145 Å². The molecule has 1 aliphatic carbocycles. The van der Waals surface area contributed by atoms with E-state index in [4.69, 9.17) is 25.4 Å². The fourth-order valence-electron chi connectivity index (χ4n) is 12.0. The topological polar surface area (TPSA) is 563 Å². The summed E-state index contributed by atoms with van der Waals surface area (Å²) in [4.78, 5) is 203. The number of aliphatic imine (C=N–C) groups is 2. The van der Waals surface area contributed by atoms with Crippen molar-refractivity contribution in [3.8, 4) is 0 Å². The second-order valence-corrected chi connectivity index (χ2v) is 31.9. The molecule has 0 unspecified atom stereocenters. The van der Waals surface area contributed by atoms with Crippen LogP contribution in [0, 0.1) is 5.92 Å². The number of hydrogen-bond donors (Lipinski definition) is 17. The molecule has 0 fully saturated rings. The van der Waals surface area contributed by atoms with Crippen LogP contribution in [0.3, 0.4) is 0 Å². The Morgan fingerprint density at radius 2 is 1.42 bits per heavy atom. The molecule has 9 heterocycles. The molecule has 5 aromatic rings. The van der Waals surface area contributed by atoms with E-state index in [1.54, 1.807) is 20.8 Å². The molecule has 18 N–H and O–H groups in total. The third-order valence-electron chi connectivity index (χ3n) is 18.7. The number of pyridine rings is 1. The molecule has 42 heteroatoms. The van der Waals surface area contributed by atoms with Crippen molar-refractivity contribution in [1.29, 1.82) is 0 Å². The fourth-order valence-corrected chi connectivity index (χ4v) is 16.9. The number of carbonyl (C=O) groups is 12. The van der Waals surface area contributed by atoms with Crippen LogP contribution in [0.2, 0.25) is 0 Å². The SMILES string of the molecule is C=C(NC(=O)C(=C)NC(=O)c1csc(C2=N[C@@H]3c4csc(n4)[C@H]4NC(=O)c5csc(n5)[C@H]([C@](C)(O)[C@@H](C)O)NC(=O)[C@H]5CSC(=N5)/C(=C/C)NC(=O)[C@H]([C@H](C)O)NC(=O)c5csc(n5)[C@]3(CC2)NC(=O)[C@@H](C)NC(=O)C(=C)NC(=O)C(=C)NC(=O)[C@H](C(C)C)N[C@@H]2C=Cc3c([C@H](C)O)cc(nc3[C@H]2O)C(=O)O[C@@H]4C)n1)C(N)=O. The van der Waals surface area contributed by atoms with Gasteiger partial charge in [0.05, 0.1) is 76.0 Å². The number of nitrogens with zero attached hydrogens (tertiary/aromatic N) is 7. The molecule has 37 nitrogen and oxygen atoms in total. The lowest BCUT2D eigenvalue weighted by Crippen LogP contribution is -2.57. The summed E-state index contributed by atoms with van der Waals surface area (Å²) in [5.41, 5.74) is -2.56. The molecule has 598 valence electrons. The number of nitrogens with two attached hydrogens (primary N) is 1. The van der Waals surface area contributed by atoms with Gasteiger partial charge in [-0.1, -0.05) is 58.4 Å². The van der Waals surface area contributed by atoms with Crippen LogP contribution in [0.15, 0.2) is 105 Å². The van der Waals surface area contributed by atoms with Gasteiger partial charge in [-0.3, -0.25) is 68.0 Å². The van der Waals surface area contributed by atoms with Gasteiger partial charge >= 0.3 is 5.97 Å². The number of carbonyl (C=O) groups excluding carboxylic acids is 12. The van der Waals surface area contributed by atoms with Crippen molar-refractivity contribution in [2.24, 2.45) is 21.6 Å². The smallest absolute Gasteiger partial charge is 0.357 e. The molecule has 10 rings (SSSR count). The third kappa shape index (κ3) is 18.5. The van der Waals surface area contributed by atoms with Gasteiger partial charge in [-0.05, 0) is 78.9 Å². The molecule has 0 saturated heterocycles. The molecule has 0 radical (unpaired) electrons. The average Bonchev–Trinajstić information content (AvgIpc) is 1.66. The number of thiazole rings is 4. The number of aromatic nitrogens is 5. The number of cyclic esters (lactones) is 1. The van der Waals surface area contributed by atoms with E-state index in [0.717, 1.165) is 57.1 Å². The summed E-state index contributed by atoms with van der Waals surface area (Å²) in [7, 11) is 0. The molecule has 4 aliphatic heterocycles. The molecular formula is C71H81N19O18S5. The number of aliphatic hydroxyl groups excluding tert-OH is 4. The summed E-state index contributed by atoms with van der Waals surface area (Å²) in [6.07, 6.45) is -3.71. The molecule has 5 aliphatic rings. The van der Waals surface area contributed by atoms with Crippen LogP contribution in [0.5, 0.6) is 0 Å². The molecular weight excluding hydrogens is 1570 g/mol. The second-order valence-electron chi connectivity index (χ2n) is 27.4. The van der Waals surface area contributed by atoms with Crippen LogP contribution in [0.1, 0.15) is 190 Å². The minimum atomic E-state index is -2.21. The first kappa shape index (κ1) is 84.6. The van der Waals surface area contributed by atoms with Crippen molar-refractivity contribution in [2.45, 2.75) is 165 Å². The predicted molar refractivity (Wildman–Crippen MR) is 413 cm³/mol. The summed E-state index contributed by atoms with van der Waals surface area (Å²) in [6, 6.07) is -10.4. The van der Waals surface area contributed by atoms with Crippen molar-refractivity contribution < 1.29 is 87.8 Å². The number of allylic oxidation sites excluding steroid dienone is 1. The zero-order valence-electron chi connectivity index (χ0n) is 61.9. The summed E-state index contributed by atoms with van der Waals surface area (Å²) in [6.45, 7) is 26.9. The number of rotatable bonds is 11. The summed E-state index contributed by atoms with van der Waals surface area (Å²) >= 11 is 4.39. The number of ether oxygens (including phenoxy) is 1. The van der Waals surface area contributed by atoms with E-state index < -0.39 is 201 Å². The Labute approximate surface area is 664 Å². The number of nitrogens with one attached hydrogen (secondary N) is 11. The highest BCUT2D eigenvalue weighted by Gasteiger charge is 2.51. The molecule has 13 bridgehead atoms. The van der Waals surface area contributed by atoms with Gasteiger partial charge in [0.25, 0.3) is 41.4 Å². The van der Waals surface area contributed by atoms with Crippen LogP contribution in [0.4, 0.5) is 0 Å². The molecule has 11 amide bonds. The molecule has 15 atom stereocenters. The largest absolute Gasteiger partial charge is 0.455 e. The van der Waals surface area contributed by atoms with Gasteiger partial charge in [0.1, 0.15) is 107 Å². The van der Waals surface area contributed by atoms with Crippen LogP contribution >= 0.6 is 57.1 Å². The molecule has 0 spiro atoms. The Bertz CT molecular complexity index is 4920. The fraction of sp³-hybridized carbons (Fsp3) is 0.394. The van der Waals surface area contributed by atoms with Gasteiger partial charge in [-0.25, -0.2) is 29.7 Å². The first-order valence-corrected chi connectivity index (χ1v) is 39.3. The van der Waals surface area contributed by atoms with Gasteiger partial charge < -0.3 is 89.2 Å². The van der Waals surface area contributed by atoms with Crippen molar-refractivity contribution in [1.82, 2.24) is 83.4 Å². The van der Waals surface area contributed by atoms with Crippen LogP contribution in [0.25, 0.3) is 6.08 Å². The zero-order chi connectivity index (χ0) is 82.7. The van der Waals surface area contributed by atoms with Gasteiger partial charge in [0, 0.05) is 32.8 Å². The Hall–Kier alpha value is -10.8. The maximum atomic E-state index is 15.4. The highest BCUT2D eigenvalue weighted by atomic mass is 32.2. The monoisotopic (exact) mass is 1650 g/mol. The highest BCUT2D eigenvalue weighted by Crippen LogP contribution is 2.48. The van der Waals surface area contributed by atoms with E-state index >= 15 is 14.4 Å². The summed E-state index contributed by atoms with van der Waals surface area (Å²) in [5, 5.41) is 91.5. The van der Waals surface area contributed by atoms with Gasteiger partial charge in [-0.2, -0.15) is 0 Å². The molecule has 5 aromatic heterocycles. The van der Waals surface area contributed by atoms with Crippen LogP contribution in [-0.4, -0.2) is 192 Å². The van der Waals surface area contributed by atoms with E-state index in [9.17, 15) is 68.7 Å². The third-order valence-corrected chi connectivity index (χ3v) is 23.6. The van der Waals surface area contributed by atoms with Gasteiger partial charge in [0.15, 0.2) is 0 Å². The Balaban J connectivity index is 1.18. The second kappa shape index (κ2) is 34.7. The van der Waals surface area contributed by atoms with Crippen LogP contribution in [-0.2, 0) is 48.6 Å². The maximum Gasteiger partial charge on any atom is 0.357 e. The number of amides is 11. The first-order valence-electron chi connectivity index (χ1n) is 34.8. The van der Waals surface area contributed by atoms with E-state index in [1.165, 1.54) is 87.4 Å². The van der Waals surface area contributed by atoms with Gasteiger partial charge in [0.2, 0.25) is 23.6 Å².